The van der Waals surface area contributed by atoms with Crippen molar-refractivity contribution in [3.63, 3.8) is 0 Å². The molecule has 1 aliphatic heterocycles. The predicted octanol–water partition coefficient (Wildman–Crippen LogP) is 3.55. The number of hydrogen-bond acceptors (Lipinski definition) is 5. The van der Waals surface area contributed by atoms with E-state index < -0.39 is 5.91 Å². The third-order valence-electron chi connectivity index (χ3n) is 6.15. The van der Waals surface area contributed by atoms with Gasteiger partial charge in [0, 0.05) is 42.8 Å². The zero-order valence-corrected chi connectivity index (χ0v) is 18.6. The summed E-state index contributed by atoms with van der Waals surface area (Å²) in [5.74, 6) is -0.0601. The first-order valence-electron chi connectivity index (χ1n) is 11.4. The molecule has 0 aliphatic carbocycles. The van der Waals surface area contributed by atoms with Gasteiger partial charge in [-0.3, -0.25) is 9.59 Å². The fourth-order valence-electron chi connectivity index (χ4n) is 4.46. The Balaban J connectivity index is 1.48. The Labute approximate surface area is 193 Å². The number of rotatable bonds is 7. The van der Waals surface area contributed by atoms with Crippen LogP contribution in [0.15, 0.2) is 60.8 Å². The molecule has 3 aromatic rings. The van der Waals surface area contributed by atoms with Crippen LogP contribution in [-0.2, 0) is 11.2 Å². The van der Waals surface area contributed by atoms with Crippen LogP contribution in [0.4, 0.5) is 5.95 Å². The summed E-state index contributed by atoms with van der Waals surface area (Å²) >= 11 is 0. The van der Waals surface area contributed by atoms with Crippen LogP contribution in [0.25, 0.3) is 11.1 Å². The van der Waals surface area contributed by atoms with E-state index >= 15 is 0 Å². The summed E-state index contributed by atoms with van der Waals surface area (Å²) in [4.78, 5) is 35.3. The van der Waals surface area contributed by atoms with Gasteiger partial charge in [-0.2, -0.15) is 0 Å². The predicted molar refractivity (Wildman–Crippen MR) is 128 cm³/mol. The fourth-order valence-corrected chi connectivity index (χ4v) is 4.46. The number of aromatic nitrogens is 2. The molecule has 0 unspecified atom stereocenters. The minimum atomic E-state index is -0.486. The largest absolute Gasteiger partial charge is 0.368 e. The van der Waals surface area contributed by atoms with Gasteiger partial charge in [-0.15, -0.1) is 0 Å². The van der Waals surface area contributed by atoms with Gasteiger partial charge in [0.15, 0.2) is 0 Å². The lowest BCUT2D eigenvalue weighted by Gasteiger charge is -2.33. The van der Waals surface area contributed by atoms with Gasteiger partial charge >= 0.3 is 0 Å². The van der Waals surface area contributed by atoms with Crippen LogP contribution in [0.1, 0.15) is 53.2 Å². The van der Waals surface area contributed by atoms with Crippen molar-refractivity contribution < 1.29 is 9.59 Å². The van der Waals surface area contributed by atoms with Crippen LogP contribution in [-0.4, -0.2) is 39.8 Å². The maximum Gasteiger partial charge on any atom is 0.248 e. The van der Waals surface area contributed by atoms with E-state index in [9.17, 15) is 9.59 Å². The molecule has 2 aromatic carbocycles. The number of anilines is 1. The highest BCUT2D eigenvalue weighted by Crippen LogP contribution is 2.34. The first-order valence-corrected chi connectivity index (χ1v) is 11.4. The summed E-state index contributed by atoms with van der Waals surface area (Å²) in [6.07, 6.45) is 5.76. The molecule has 1 saturated heterocycles. The van der Waals surface area contributed by atoms with E-state index in [0.29, 0.717) is 18.5 Å². The molecule has 4 N–H and O–H groups in total. The molecule has 7 nitrogen and oxygen atoms in total. The molecule has 0 radical (unpaired) electrons. The van der Waals surface area contributed by atoms with Crippen LogP contribution < -0.4 is 11.5 Å². The number of amides is 2. The van der Waals surface area contributed by atoms with E-state index in [4.69, 9.17) is 11.5 Å². The first kappa shape index (κ1) is 22.5. The first-order chi connectivity index (χ1) is 16.0. The van der Waals surface area contributed by atoms with Crippen LogP contribution in [0, 0.1) is 0 Å². The molecule has 1 atom stereocenters. The van der Waals surface area contributed by atoms with Crippen LogP contribution >= 0.6 is 0 Å². The maximum atomic E-state index is 12.9. The van der Waals surface area contributed by atoms with Gasteiger partial charge < -0.3 is 16.4 Å². The number of benzene rings is 2. The molecule has 4 rings (SSSR count). The Morgan fingerprint density at radius 3 is 2.70 bits per heavy atom. The Morgan fingerprint density at radius 1 is 1.09 bits per heavy atom. The van der Waals surface area contributed by atoms with Crippen LogP contribution in [0.5, 0.6) is 0 Å². The molecule has 0 bridgehead atoms. The van der Waals surface area contributed by atoms with Gasteiger partial charge in [0.05, 0.1) is 5.69 Å². The minimum Gasteiger partial charge on any atom is -0.368 e. The Morgan fingerprint density at radius 2 is 1.91 bits per heavy atom. The molecule has 1 aromatic heterocycles. The van der Waals surface area contributed by atoms with E-state index in [1.807, 2.05) is 29.2 Å². The topological polar surface area (TPSA) is 115 Å². The molecule has 1 fully saturated rings. The number of nitrogens with zero attached hydrogens (tertiary/aromatic N) is 3. The number of carbonyl (C=O) groups is 2. The Kier molecular flexibility index (Phi) is 6.98. The second-order valence-electron chi connectivity index (χ2n) is 8.49. The summed E-state index contributed by atoms with van der Waals surface area (Å²) < 4.78 is 0. The van der Waals surface area contributed by atoms with Crippen molar-refractivity contribution in [3.05, 3.63) is 77.6 Å². The van der Waals surface area contributed by atoms with Gasteiger partial charge in [-0.1, -0.05) is 42.5 Å². The smallest absolute Gasteiger partial charge is 0.248 e. The molecule has 7 heteroatoms. The van der Waals surface area contributed by atoms with Crippen molar-refractivity contribution >= 4 is 17.8 Å². The summed E-state index contributed by atoms with van der Waals surface area (Å²) in [6.45, 7) is 1.36. The molecule has 33 heavy (non-hydrogen) atoms. The Hall–Kier alpha value is -3.74. The number of piperidine rings is 1. The summed E-state index contributed by atoms with van der Waals surface area (Å²) in [6, 6.07) is 17.4. The zero-order chi connectivity index (χ0) is 23.2. The number of nitrogen functional groups attached to an aromatic ring is 1. The summed E-state index contributed by atoms with van der Waals surface area (Å²) in [5.41, 5.74) is 15.5. The number of aryl methyl sites for hydroxylation is 1. The average Bonchev–Trinajstić information content (AvgIpc) is 2.84. The van der Waals surface area contributed by atoms with E-state index in [1.165, 1.54) is 5.56 Å². The van der Waals surface area contributed by atoms with Crippen molar-refractivity contribution in [2.45, 2.75) is 38.0 Å². The number of primary amides is 1. The lowest BCUT2D eigenvalue weighted by atomic mass is 9.89. The molecule has 0 spiro atoms. The number of likely N-dealkylation sites (tertiary alicyclic amines) is 1. The van der Waals surface area contributed by atoms with Gasteiger partial charge in [0.1, 0.15) is 0 Å². The van der Waals surface area contributed by atoms with E-state index in [1.54, 1.807) is 24.4 Å². The quantitative estimate of drug-likeness (QED) is 0.579. The molecule has 2 heterocycles. The fraction of sp³-hybridized carbons (Fsp3) is 0.308. The lowest BCUT2D eigenvalue weighted by molar-refractivity contribution is -0.132. The molecule has 170 valence electrons. The van der Waals surface area contributed by atoms with E-state index in [2.05, 4.69) is 22.1 Å². The normalized spacial score (nSPS) is 15.9. The number of carbonyl (C=O) groups excluding carboxylic acids is 2. The van der Waals surface area contributed by atoms with Gasteiger partial charge in [0.2, 0.25) is 17.8 Å². The van der Waals surface area contributed by atoms with Crippen molar-refractivity contribution in [3.8, 4) is 11.1 Å². The second-order valence-corrected chi connectivity index (χ2v) is 8.49. The second kappa shape index (κ2) is 10.3. The monoisotopic (exact) mass is 443 g/mol. The lowest BCUT2D eigenvalue weighted by Crippen LogP contribution is -2.39. The summed E-state index contributed by atoms with van der Waals surface area (Å²) in [7, 11) is 0. The van der Waals surface area contributed by atoms with Crippen molar-refractivity contribution in [1.82, 2.24) is 14.9 Å². The zero-order valence-electron chi connectivity index (χ0n) is 18.6. The minimum absolute atomic E-state index is 0.0503. The van der Waals surface area contributed by atoms with Gasteiger partial charge in [-0.05, 0) is 48.9 Å². The highest BCUT2D eigenvalue weighted by Gasteiger charge is 2.28. The van der Waals surface area contributed by atoms with Gasteiger partial charge in [0.25, 0.3) is 0 Å². The van der Waals surface area contributed by atoms with Crippen molar-refractivity contribution in [2.75, 3.05) is 18.8 Å². The number of hydrogen-bond donors (Lipinski definition) is 2. The number of nitrogens with two attached hydrogens (primary N) is 2. The maximum absolute atomic E-state index is 12.9. The SMILES string of the molecule is NC(=O)c1cccc(-c2cnc(N)nc2[C@@H]2CCCN(C(=O)CCCc3ccccc3)C2)c1. The third kappa shape index (κ3) is 5.55. The molecule has 0 saturated carbocycles. The average molecular weight is 444 g/mol. The molecule has 2 amide bonds. The van der Waals surface area contributed by atoms with Crippen LogP contribution in [0.3, 0.4) is 0 Å². The molecular formula is C26H29N5O2. The van der Waals surface area contributed by atoms with Crippen molar-refractivity contribution in [2.24, 2.45) is 5.73 Å². The highest BCUT2D eigenvalue weighted by atomic mass is 16.2. The highest BCUT2D eigenvalue weighted by molar-refractivity contribution is 5.94. The third-order valence-corrected chi connectivity index (χ3v) is 6.15. The van der Waals surface area contributed by atoms with E-state index in [0.717, 1.165) is 49.0 Å². The molecule has 1 aliphatic rings. The Bertz CT molecular complexity index is 1130. The van der Waals surface area contributed by atoms with E-state index in [-0.39, 0.29) is 17.8 Å². The van der Waals surface area contributed by atoms with Crippen molar-refractivity contribution in [1.29, 1.82) is 0 Å². The van der Waals surface area contributed by atoms with Crippen LogP contribution in [0.2, 0.25) is 0 Å². The van der Waals surface area contributed by atoms with Gasteiger partial charge in [-0.25, -0.2) is 9.97 Å². The summed E-state index contributed by atoms with van der Waals surface area (Å²) in [5, 5.41) is 0. The standard InChI is InChI=1S/C26H29N5O2/c27-25(33)20-11-5-10-19(15-20)22-16-29-26(28)30-24(22)21-12-6-14-31(17-21)23(32)13-4-9-18-7-2-1-3-8-18/h1-3,5,7-8,10-11,15-16,21H,4,6,9,12-14,17H2,(H2,27,33)(H2,28,29,30)/t21-/m1/s1. The molecular weight excluding hydrogens is 414 g/mol.